The fourth-order valence-electron chi connectivity index (χ4n) is 1.92. The van der Waals surface area contributed by atoms with E-state index in [2.05, 4.69) is 10.1 Å². The molecular formula is C11H17ClN2OS. The SMILES string of the molecule is ClCCCc1nc(CSC2CCCC2)no1. The molecule has 1 fully saturated rings. The molecule has 1 aromatic heterocycles. The summed E-state index contributed by atoms with van der Waals surface area (Å²) in [6, 6.07) is 0. The largest absolute Gasteiger partial charge is 0.339 e. The minimum atomic E-state index is 0.647. The van der Waals surface area contributed by atoms with Crippen LogP contribution in [0.1, 0.15) is 43.8 Å². The number of hydrogen-bond acceptors (Lipinski definition) is 4. The van der Waals surface area contributed by atoms with Crippen LogP contribution in [0.3, 0.4) is 0 Å². The number of hydrogen-bond donors (Lipinski definition) is 0. The Labute approximate surface area is 105 Å². The zero-order valence-electron chi connectivity index (χ0n) is 9.32. The van der Waals surface area contributed by atoms with Gasteiger partial charge in [0.2, 0.25) is 5.89 Å². The van der Waals surface area contributed by atoms with Crippen LogP contribution in [0.2, 0.25) is 0 Å². The van der Waals surface area contributed by atoms with Gasteiger partial charge in [0.1, 0.15) is 0 Å². The van der Waals surface area contributed by atoms with Gasteiger partial charge in [0.25, 0.3) is 0 Å². The Kier molecular flexibility index (Phi) is 4.97. The van der Waals surface area contributed by atoms with E-state index in [0.717, 1.165) is 35.6 Å². The van der Waals surface area contributed by atoms with E-state index < -0.39 is 0 Å². The second-order valence-electron chi connectivity index (χ2n) is 4.11. The highest BCUT2D eigenvalue weighted by molar-refractivity contribution is 7.99. The first kappa shape index (κ1) is 12.2. The molecule has 1 aromatic rings. The molecule has 1 saturated carbocycles. The molecule has 5 heteroatoms. The molecule has 0 radical (unpaired) electrons. The number of aryl methyl sites for hydroxylation is 1. The molecule has 0 amide bonds. The van der Waals surface area contributed by atoms with Crippen LogP contribution >= 0.6 is 23.4 Å². The van der Waals surface area contributed by atoms with Gasteiger partial charge in [0.15, 0.2) is 5.82 Å². The zero-order chi connectivity index (χ0) is 11.2. The fourth-order valence-corrected chi connectivity index (χ4v) is 3.22. The molecule has 2 rings (SSSR count). The van der Waals surface area contributed by atoms with Crippen molar-refractivity contribution in [1.29, 1.82) is 0 Å². The summed E-state index contributed by atoms with van der Waals surface area (Å²) in [5, 5.41) is 4.79. The highest BCUT2D eigenvalue weighted by Crippen LogP contribution is 2.30. The summed E-state index contributed by atoms with van der Waals surface area (Å²) < 4.78 is 5.15. The molecule has 3 nitrogen and oxygen atoms in total. The van der Waals surface area contributed by atoms with Crippen molar-refractivity contribution in [3.63, 3.8) is 0 Å². The van der Waals surface area contributed by atoms with E-state index in [1.165, 1.54) is 25.7 Å². The van der Waals surface area contributed by atoms with Crippen molar-refractivity contribution in [1.82, 2.24) is 10.1 Å². The Morgan fingerprint density at radius 3 is 2.94 bits per heavy atom. The van der Waals surface area contributed by atoms with Crippen LogP contribution in [0.15, 0.2) is 4.52 Å². The first-order valence-corrected chi connectivity index (χ1v) is 7.46. The van der Waals surface area contributed by atoms with Gasteiger partial charge in [0.05, 0.1) is 5.75 Å². The summed E-state index contributed by atoms with van der Waals surface area (Å²) >= 11 is 7.57. The molecule has 0 aromatic carbocycles. The molecule has 1 aliphatic carbocycles. The summed E-state index contributed by atoms with van der Waals surface area (Å²) in [5.41, 5.74) is 0. The summed E-state index contributed by atoms with van der Waals surface area (Å²) in [4.78, 5) is 4.35. The lowest BCUT2D eigenvalue weighted by Gasteiger charge is -2.04. The second-order valence-corrected chi connectivity index (χ2v) is 5.78. The van der Waals surface area contributed by atoms with Gasteiger partial charge in [-0.3, -0.25) is 0 Å². The van der Waals surface area contributed by atoms with Crippen molar-refractivity contribution in [2.75, 3.05) is 5.88 Å². The molecule has 0 saturated heterocycles. The lowest BCUT2D eigenvalue weighted by Crippen LogP contribution is -1.96. The van der Waals surface area contributed by atoms with E-state index >= 15 is 0 Å². The van der Waals surface area contributed by atoms with Crippen LogP contribution in [-0.4, -0.2) is 21.3 Å². The number of thioether (sulfide) groups is 1. The molecule has 16 heavy (non-hydrogen) atoms. The maximum Gasteiger partial charge on any atom is 0.226 e. The lowest BCUT2D eigenvalue weighted by molar-refractivity contribution is 0.373. The first-order chi connectivity index (χ1) is 7.88. The first-order valence-electron chi connectivity index (χ1n) is 5.87. The normalized spacial score (nSPS) is 17.1. The Hall–Kier alpha value is -0.220. The summed E-state index contributed by atoms with van der Waals surface area (Å²) in [6.07, 6.45) is 7.16. The molecule has 0 bridgehead atoms. The number of nitrogens with zero attached hydrogens (tertiary/aromatic N) is 2. The van der Waals surface area contributed by atoms with E-state index in [9.17, 15) is 0 Å². The fraction of sp³-hybridized carbons (Fsp3) is 0.818. The van der Waals surface area contributed by atoms with Gasteiger partial charge < -0.3 is 4.52 Å². The minimum absolute atomic E-state index is 0.647. The van der Waals surface area contributed by atoms with Gasteiger partial charge in [0, 0.05) is 17.6 Å². The van der Waals surface area contributed by atoms with E-state index in [1.54, 1.807) is 0 Å². The highest BCUT2D eigenvalue weighted by atomic mass is 35.5. The summed E-state index contributed by atoms with van der Waals surface area (Å²) in [5.74, 6) is 3.09. The van der Waals surface area contributed by atoms with Crippen molar-refractivity contribution >= 4 is 23.4 Å². The van der Waals surface area contributed by atoms with Crippen LogP contribution in [0, 0.1) is 0 Å². The van der Waals surface area contributed by atoms with Gasteiger partial charge in [-0.25, -0.2) is 0 Å². The number of halogens is 1. The van der Waals surface area contributed by atoms with Gasteiger partial charge in [-0.1, -0.05) is 18.0 Å². The Bertz CT molecular complexity index is 313. The monoisotopic (exact) mass is 260 g/mol. The van der Waals surface area contributed by atoms with Crippen LogP contribution in [-0.2, 0) is 12.2 Å². The molecule has 90 valence electrons. The van der Waals surface area contributed by atoms with Gasteiger partial charge in [-0.05, 0) is 19.3 Å². The Morgan fingerprint density at radius 2 is 2.19 bits per heavy atom. The molecule has 0 aliphatic heterocycles. The Morgan fingerprint density at radius 1 is 1.38 bits per heavy atom. The third-order valence-corrected chi connectivity index (χ3v) is 4.42. The van der Waals surface area contributed by atoms with Gasteiger partial charge >= 0.3 is 0 Å². The number of aromatic nitrogens is 2. The van der Waals surface area contributed by atoms with Crippen molar-refractivity contribution in [2.45, 2.75) is 49.5 Å². The maximum atomic E-state index is 5.61. The van der Waals surface area contributed by atoms with Gasteiger partial charge in [-0.2, -0.15) is 16.7 Å². The standard InChI is InChI=1S/C11H17ClN2OS/c12-7-3-6-11-13-10(14-15-11)8-16-9-4-1-2-5-9/h9H,1-8H2. The molecule has 0 spiro atoms. The average molecular weight is 261 g/mol. The number of alkyl halides is 1. The van der Waals surface area contributed by atoms with Crippen molar-refractivity contribution < 1.29 is 4.52 Å². The van der Waals surface area contributed by atoms with E-state index in [-0.39, 0.29) is 0 Å². The third kappa shape index (κ3) is 3.67. The average Bonchev–Trinajstić information content (AvgIpc) is 2.95. The summed E-state index contributed by atoms with van der Waals surface area (Å²) in [6.45, 7) is 0. The van der Waals surface area contributed by atoms with Crippen LogP contribution in [0.25, 0.3) is 0 Å². The molecule has 0 atom stereocenters. The minimum Gasteiger partial charge on any atom is -0.339 e. The van der Waals surface area contributed by atoms with Crippen molar-refractivity contribution in [3.8, 4) is 0 Å². The van der Waals surface area contributed by atoms with E-state index in [4.69, 9.17) is 16.1 Å². The topological polar surface area (TPSA) is 38.9 Å². The smallest absolute Gasteiger partial charge is 0.226 e. The van der Waals surface area contributed by atoms with Crippen LogP contribution in [0.4, 0.5) is 0 Å². The predicted molar refractivity (Wildman–Crippen MR) is 66.9 cm³/mol. The molecular weight excluding hydrogens is 244 g/mol. The zero-order valence-corrected chi connectivity index (χ0v) is 10.9. The van der Waals surface area contributed by atoms with E-state index in [1.807, 2.05) is 11.8 Å². The summed E-state index contributed by atoms with van der Waals surface area (Å²) in [7, 11) is 0. The van der Waals surface area contributed by atoms with Crippen LogP contribution in [0.5, 0.6) is 0 Å². The van der Waals surface area contributed by atoms with Crippen molar-refractivity contribution in [3.05, 3.63) is 11.7 Å². The number of rotatable bonds is 6. The Balaban J connectivity index is 1.73. The third-order valence-electron chi connectivity index (χ3n) is 2.78. The second kappa shape index (κ2) is 6.50. The molecule has 1 heterocycles. The molecule has 0 unspecified atom stereocenters. The molecule has 1 aliphatic rings. The van der Waals surface area contributed by atoms with Crippen molar-refractivity contribution in [2.24, 2.45) is 0 Å². The predicted octanol–water partition coefficient (Wildman–Crippen LogP) is 3.42. The van der Waals surface area contributed by atoms with E-state index in [0.29, 0.717) is 5.88 Å². The van der Waals surface area contributed by atoms with Gasteiger partial charge in [-0.15, -0.1) is 11.6 Å². The quantitative estimate of drug-likeness (QED) is 0.735. The lowest BCUT2D eigenvalue weighted by atomic mass is 10.3. The molecule has 0 N–H and O–H groups in total. The van der Waals surface area contributed by atoms with Crippen LogP contribution < -0.4 is 0 Å². The maximum absolute atomic E-state index is 5.61. The highest BCUT2D eigenvalue weighted by Gasteiger charge is 2.16.